The molecule has 0 amide bonds. The fourth-order valence-corrected chi connectivity index (χ4v) is 1.74. The third-order valence-electron chi connectivity index (χ3n) is 2.70. The van der Waals surface area contributed by atoms with Crippen LogP contribution in [0.5, 0.6) is 5.75 Å². The predicted molar refractivity (Wildman–Crippen MR) is 78.1 cm³/mol. The normalized spacial score (nSPS) is 10.7. The summed E-state index contributed by atoms with van der Waals surface area (Å²) in [5.74, 6) is -0.370. The molecule has 0 unspecified atom stereocenters. The zero-order chi connectivity index (χ0) is 15.2. The molecule has 0 atom stereocenters. The molecule has 2 N–H and O–H groups in total. The van der Waals surface area contributed by atoms with Gasteiger partial charge in [0.15, 0.2) is 0 Å². The smallest absolute Gasteiger partial charge is 0.328 e. The number of carboxylic acid groups (broad SMARTS) is 1. The minimum atomic E-state index is -1.12. The largest absolute Gasteiger partial charge is 0.494 e. The van der Waals surface area contributed by atoms with Crippen LogP contribution in [-0.4, -0.2) is 27.9 Å². The van der Waals surface area contributed by atoms with Gasteiger partial charge in [0, 0.05) is 17.2 Å². The fraction of sp³-hybridized carbons (Fsp3) is 0.133. The quantitative estimate of drug-likeness (QED) is 0.819. The molecule has 0 saturated carbocycles. The Hall–Kier alpha value is -2.89. The van der Waals surface area contributed by atoms with E-state index in [0.717, 1.165) is 17.4 Å². The van der Waals surface area contributed by atoms with Gasteiger partial charge in [-0.3, -0.25) is 4.79 Å². The first-order chi connectivity index (χ1) is 10.1. The number of carboxylic acids is 1. The Kier molecular flexibility index (Phi) is 4.50. The van der Waals surface area contributed by atoms with Gasteiger partial charge in [-0.05, 0) is 43.3 Å². The monoisotopic (exact) mass is 286 g/mol. The summed E-state index contributed by atoms with van der Waals surface area (Å²) < 4.78 is 5.35. The lowest BCUT2D eigenvalue weighted by molar-refractivity contribution is -0.131. The molecule has 0 aliphatic carbocycles. The summed E-state index contributed by atoms with van der Waals surface area (Å²) in [5.41, 5.74) is 1.13. The van der Waals surface area contributed by atoms with Crippen LogP contribution in [0.3, 0.4) is 0 Å². The van der Waals surface area contributed by atoms with E-state index in [1.165, 1.54) is 12.1 Å². The van der Waals surface area contributed by atoms with Crippen molar-refractivity contribution in [1.29, 1.82) is 0 Å². The molecule has 108 valence electrons. The van der Waals surface area contributed by atoms with Crippen molar-refractivity contribution in [2.24, 2.45) is 0 Å². The van der Waals surface area contributed by atoms with Crippen LogP contribution in [0.4, 0.5) is 0 Å². The average molecular weight is 286 g/mol. The number of hydrogen-bond acceptors (Lipinski definition) is 4. The lowest BCUT2D eigenvalue weighted by Gasteiger charge is -2.05. The number of nitrogens with one attached hydrogen (secondary N) is 1. The van der Waals surface area contributed by atoms with Crippen LogP contribution in [0.1, 0.15) is 12.5 Å². The van der Waals surface area contributed by atoms with E-state index in [9.17, 15) is 9.59 Å². The molecule has 2 rings (SSSR count). The lowest BCUT2D eigenvalue weighted by Crippen LogP contribution is -2.11. The minimum Gasteiger partial charge on any atom is -0.494 e. The van der Waals surface area contributed by atoms with E-state index >= 15 is 0 Å². The predicted octanol–water partition coefficient (Wildman–Crippen LogP) is 1.93. The van der Waals surface area contributed by atoms with Crippen molar-refractivity contribution < 1.29 is 14.6 Å². The maximum atomic E-state index is 11.6. The van der Waals surface area contributed by atoms with Crippen molar-refractivity contribution in [2.45, 2.75) is 6.92 Å². The number of hydrogen-bond donors (Lipinski definition) is 2. The number of carbonyl (C=O) groups is 1. The van der Waals surface area contributed by atoms with Crippen molar-refractivity contribution >= 4 is 12.0 Å². The lowest BCUT2D eigenvalue weighted by atomic mass is 10.1. The van der Waals surface area contributed by atoms with E-state index in [-0.39, 0.29) is 5.56 Å². The molecule has 0 fully saturated rings. The number of ether oxygens (including phenoxy) is 1. The standard InChI is InChI=1S/C15H14N2O4/c1-2-21-12-6-3-10(4-7-12)13-9-11(5-8-14(18)19)15(20)17-16-13/h3-9H,2H2,1H3,(H,17,20)(H,18,19)/b8-5+. The summed E-state index contributed by atoms with van der Waals surface area (Å²) in [6.07, 6.45) is 2.15. The first-order valence-corrected chi connectivity index (χ1v) is 6.34. The molecule has 0 saturated heterocycles. The highest BCUT2D eigenvalue weighted by atomic mass is 16.5. The van der Waals surface area contributed by atoms with Gasteiger partial charge in [-0.15, -0.1) is 0 Å². The van der Waals surface area contributed by atoms with E-state index in [4.69, 9.17) is 9.84 Å². The third-order valence-corrected chi connectivity index (χ3v) is 2.70. The highest BCUT2D eigenvalue weighted by Gasteiger charge is 2.04. The Labute approximate surface area is 120 Å². The average Bonchev–Trinajstić information content (AvgIpc) is 2.47. The number of aliphatic carboxylic acids is 1. The molecule has 6 nitrogen and oxygen atoms in total. The highest BCUT2D eigenvalue weighted by molar-refractivity contribution is 5.85. The molecule has 2 aromatic rings. The molecule has 0 radical (unpaired) electrons. The Bertz CT molecular complexity index is 717. The maximum Gasteiger partial charge on any atom is 0.328 e. The molecule has 1 aromatic heterocycles. The number of benzene rings is 1. The van der Waals surface area contributed by atoms with Crippen LogP contribution in [0.2, 0.25) is 0 Å². The second-order valence-electron chi connectivity index (χ2n) is 4.17. The van der Waals surface area contributed by atoms with Crippen molar-refractivity contribution in [1.82, 2.24) is 10.2 Å². The summed E-state index contributed by atoms with van der Waals surface area (Å²) in [6, 6.07) is 8.78. The van der Waals surface area contributed by atoms with Crippen LogP contribution in [0.15, 0.2) is 41.2 Å². The molecule has 1 aromatic carbocycles. The topological polar surface area (TPSA) is 92.3 Å². The van der Waals surface area contributed by atoms with Crippen LogP contribution < -0.4 is 10.3 Å². The van der Waals surface area contributed by atoms with E-state index in [0.29, 0.717) is 12.3 Å². The first-order valence-electron chi connectivity index (χ1n) is 6.34. The molecule has 1 heterocycles. The number of aromatic amines is 1. The Morgan fingerprint density at radius 1 is 1.38 bits per heavy atom. The van der Waals surface area contributed by atoms with Crippen molar-refractivity contribution in [3.63, 3.8) is 0 Å². The van der Waals surface area contributed by atoms with Crippen LogP contribution in [0, 0.1) is 0 Å². The van der Waals surface area contributed by atoms with E-state index in [1.807, 2.05) is 19.1 Å². The van der Waals surface area contributed by atoms with Gasteiger partial charge in [-0.1, -0.05) is 0 Å². The molecular formula is C15H14N2O4. The van der Waals surface area contributed by atoms with Gasteiger partial charge in [0.2, 0.25) is 0 Å². The first kappa shape index (κ1) is 14.5. The van der Waals surface area contributed by atoms with Crippen LogP contribution in [-0.2, 0) is 4.79 Å². The van der Waals surface area contributed by atoms with Gasteiger partial charge in [-0.25, -0.2) is 9.89 Å². The van der Waals surface area contributed by atoms with Gasteiger partial charge in [0.25, 0.3) is 5.56 Å². The number of nitrogens with zero attached hydrogens (tertiary/aromatic N) is 1. The van der Waals surface area contributed by atoms with E-state index in [2.05, 4.69) is 10.2 Å². The van der Waals surface area contributed by atoms with E-state index < -0.39 is 11.5 Å². The highest BCUT2D eigenvalue weighted by Crippen LogP contribution is 2.20. The second kappa shape index (κ2) is 6.51. The molecule has 0 aliphatic rings. The molecule has 0 bridgehead atoms. The minimum absolute atomic E-state index is 0.233. The van der Waals surface area contributed by atoms with Gasteiger partial charge >= 0.3 is 5.97 Å². The van der Waals surface area contributed by atoms with Crippen molar-refractivity contribution in [3.05, 3.63) is 52.3 Å². The second-order valence-corrected chi connectivity index (χ2v) is 4.17. The Morgan fingerprint density at radius 2 is 2.10 bits per heavy atom. The molecule has 21 heavy (non-hydrogen) atoms. The van der Waals surface area contributed by atoms with Gasteiger partial charge in [-0.2, -0.15) is 5.10 Å². The van der Waals surface area contributed by atoms with Gasteiger partial charge in [0.1, 0.15) is 5.75 Å². The Morgan fingerprint density at radius 3 is 2.71 bits per heavy atom. The number of H-pyrrole nitrogens is 1. The number of aromatic nitrogens is 2. The van der Waals surface area contributed by atoms with Crippen LogP contribution in [0.25, 0.3) is 17.3 Å². The number of rotatable bonds is 5. The van der Waals surface area contributed by atoms with Crippen molar-refractivity contribution in [2.75, 3.05) is 6.61 Å². The fourth-order valence-electron chi connectivity index (χ4n) is 1.74. The zero-order valence-electron chi connectivity index (χ0n) is 11.4. The summed E-state index contributed by atoms with van der Waals surface area (Å²) in [7, 11) is 0. The van der Waals surface area contributed by atoms with Gasteiger partial charge in [0.05, 0.1) is 12.3 Å². The van der Waals surface area contributed by atoms with Crippen molar-refractivity contribution in [3.8, 4) is 17.0 Å². The Balaban J connectivity index is 2.33. The molecular weight excluding hydrogens is 272 g/mol. The SMILES string of the molecule is CCOc1ccc(-c2cc(/C=C/C(=O)O)c(=O)[nH]n2)cc1. The van der Waals surface area contributed by atoms with Crippen LogP contribution >= 0.6 is 0 Å². The zero-order valence-corrected chi connectivity index (χ0v) is 11.4. The molecule has 0 spiro atoms. The summed E-state index contributed by atoms with van der Waals surface area (Å²) in [4.78, 5) is 22.1. The molecule has 0 aliphatic heterocycles. The summed E-state index contributed by atoms with van der Waals surface area (Å²) >= 11 is 0. The summed E-state index contributed by atoms with van der Waals surface area (Å²) in [6.45, 7) is 2.48. The van der Waals surface area contributed by atoms with E-state index in [1.54, 1.807) is 12.1 Å². The molecule has 6 heteroatoms. The van der Waals surface area contributed by atoms with Gasteiger partial charge < -0.3 is 9.84 Å². The maximum absolute atomic E-state index is 11.6. The third kappa shape index (κ3) is 3.79. The summed E-state index contributed by atoms with van der Waals surface area (Å²) in [5, 5.41) is 14.9.